The van der Waals surface area contributed by atoms with Crippen LogP contribution in [0.25, 0.3) is 0 Å². The summed E-state index contributed by atoms with van der Waals surface area (Å²) < 4.78 is 5.33. The molecule has 2 atom stereocenters. The molecule has 3 heteroatoms. The molecule has 1 aromatic rings. The minimum absolute atomic E-state index is 0.107. The van der Waals surface area contributed by atoms with E-state index in [9.17, 15) is 9.90 Å². The van der Waals surface area contributed by atoms with E-state index in [1.54, 1.807) is 0 Å². The second kappa shape index (κ2) is 8.70. The molecule has 0 spiro atoms. The van der Waals surface area contributed by atoms with Crippen LogP contribution in [0.15, 0.2) is 30.3 Å². The van der Waals surface area contributed by atoms with Crippen molar-refractivity contribution in [1.29, 1.82) is 0 Å². The fourth-order valence-corrected chi connectivity index (χ4v) is 1.93. The quantitative estimate of drug-likeness (QED) is 0.733. The van der Waals surface area contributed by atoms with Crippen molar-refractivity contribution in [3.8, 4) is 0 Å². The maximum Gasteiger partial charge on any atom is 0.309 e. The molecule has 19 heavy (non-hydrogen) atoms. The molecular weight excluding hydrogens is 240 g/mol. The molecule has 0 fully saturated rings. The third-order valence-corrected chi connectivity index (χ3v) is 3.37. The number of hydrogen-bond donors (Lipinski definition) is 1. The molecule has 0 saturated carbocycles. The van der Waals surface area contributed by atoms with Crippen molar-refractivity contribution in [1.82, 2.24) is 0 Å². The van der Waals surface area contributed by atoms with E-state index in [-0.39, 0.29) is 18.0 Å². The standard InChI is InChI=1S/C16H24O3/c1-3-14(10-11-15(17)4-2)16(18)19-12-13-8-6-5-7-9-13/h5-9,14-15,17H,3-4,10-12H2,1-2H3. The van der Waals surface area contributed by atoms with Gasteiger partial charge in [0.1, 0.15) is 6.61 Å². The van der Waals surface area contributed by atoms with Gasteiger partial charge in [0.25, 0.3) is 0 Å². The maximum atomic E-state index is 11.9. The van der Waals surface area contributed by atoms with Gasteiger partial charge >= 0.3 is 5.97 Å². The van der Waals surface area contributed by atoms with Gasteiger partial charge < -0.3 is 9.84 Å². The van der Waals surface area contributed by atoms with Gasteiger partial charge in [-0.2, -0.15) is 0 Å². The molecule has 0 amide bonds. The summed E-state index contributed by atoms with van der Waals surface area (Å²) in [6.07, 6.45) is 2.53. The fourth-order valence-electron chi connectivity index (χ4n) is 1.93. The smallest absolute Gasteiger partial charge is 0.309 e. The van der Waals surface area contributed by atoms with Crippen molar-refractivity contribution in [2.45, 2.75) is 52.2 Å². The number of esters is 1. The lowest BCUT2D eigenvalue weighted by Crippen LogP contribution is -2.19. The summed E-state index contributed by atoms with van der Waals surface area (Å²) in [5, 5.41) is 9.54. The number of aliphatic hydroxyl groups excluding tert-OH is 1. The van der Waals surface area contributed by atoms with Crippen LogP contribution in [0, 0.1) is 5.92 Å². The largest absolute Gasteiger partial charge is 0.461 e. The molecular formula is C16H24O3. The van der Waals surface area contributed by atoms with Crippen molar-refractivity contribution < 1.29 is 14.6 Å². The van der Waals surface area contributed by atoms with E-state index in [1.165, 1.54) is 0 Å². The van der Waals surface area contributed by atoms with Gasteiger partial charge in [0, 0.05) is 0 Å². The van der Waals surface area contributed by atoms with Crippen molar-refractivity contribution in [3.63, 3.8) is 0 Å². The SMILES string of the molecule is CCC(O)CCC(CC)C(=O)OCc1ccccc1. The van der Waals surface area contributed by atoms with E-state index in [4.69, 9.17) is 4.74 Å². The second-order valence-electron chi connectivity index (χ2n) is 4.84. The lowest BCUT2D eigenvalue weighted by atomic mass is 9.98. The number of carbonyl (C=O) groups is 1. The van der Waals surface area contributed by atoms with Crippen LogP contribution < -0.4 is 0 Å². The zero-order valence-corrected chi connectivity index (χ0v) is 11.8. The summed E-state index contributed by atoms with van der Waals surface area (Å²) in [6.45, 7) is 4.25. The molecule has 0 aliphatic carbocycles. The predicted molar refractivity (Wildman–Crippen MR) is 75.6 cm³/mol. The molecule has 3 nitrogen and oxygen atoms in total. The highest BCUT2D eigenvalue weighted by molar-refractivity contribution is 5.72. The van der Waals surface area contributed by atoms with Crippen LogP contribution in [0.5, 0.6) is 0 Å². The van der Waals surface area contributed by atoms with Crippen LogP contribution in [0.4, 0.5) is 0 Å². The Labute approximate surface area is 115 Å². The van der Waals surface area contributed by atoms with E-state index < -0.39 is 0 Å². The number of carbonyl (C=O) groups excluding carboxylic acids is 1. The van der Waals surface area contributed by atoms with Crippen LogP contribution in [-0.2, 0) is 16.1 Å². The molecule has 0 heterocycles. The Hall–Kier alpha value is -1.35. The molecule has 2 unspecified atom stereocenters. The van der Waals surface area contributed by atoms with Crippen LogP contribution in [0.3, 0.4) is 0 Å². The Morgan fingerprint density at radius 3 is 2.42 bits per heavy atom. The van der Waals surface area contributed by atoms with Crippen molar-refractivity contribution in [2.75, 3.05) is 0 Å². The van der Waals surface area contributed by atoms with E-state index in [1.807, 2.05) is 44.2 Å². The molecule has 106 valence electrons. The molecule has 1 rings (SSSR count). The summed E-state index contributed by atoms with van der Waals surface area (Å²) in [5.41, 5.74) is 0.999. The van der Waals surface area contributed by atoms with Crippen LogP contribution >= 0.6 is 0 Å². The Morgan fingerprint density at radius 2 is 1.84 bits per heavy atom. The van der Waals surface area contributed by atoms with Crippen LogP contribution in [0.1, 0.15) is 45.1 Å². The maximum absolute atomic E-state index is 11.9. The Kier molecular flexibility index (Phi) is 7.19. The van der Waals surface area contributed by atoms with Gasteiger partial charge in [-0.25, -0.2) is 0 Å². The Balaban J connectivity index is 2.37. The lowest BCUT2D eigenvalue weighted by molar-refractivity contribution is -0.150. The molecule has 0 saturated heterocycles. The van der Waals surface area contributed by atoms with Gasteiger partial charge in [-0.15, -0.1) is 0 Å². The Morgan fingerprint density at radius 1 is 1.16 bits per heavy atom. The third kappa shape index (κ3) is 5.88. The average Bonchev–Trinajstić information content (AvgIpc) is 2.46. The van der Waals surface area contributed by atoms with E-state index >= 15 is 0 Å². The van der Waals surface area contributed by atoms with E-state index in [0.29, 0.717) is 19.4 Å². The van der Waals surface area contributed by atoms with Gasteiger partial charge in [0.15, 0.2) is 0 Å². The average molecular weight is 264 g/mol. The van der Waals surface area contributed by atoms with Gasteiger partial charge in [-0.1, -0.05) is 44.2 Å². The normalized spacial score (nSPS) is 13.8. The second-order valence-corrected chi connectivity index (χ2v) is 4.84. The highest BCUT2D eigenvalue weighted by atomic mass is 16.5. The topological polar surface area (TPSA) is 46.5 Å². The minimum Gasteiger partial charge on any atom is -0.461 e. The highest BCUT2D eigenvalue weighted by Gasteiger charge is 2.19. The van der Waals surface area contributed by atoms with Gasteiger partial charge in [0.05, 0.1) is 12.0 Å². The zero-order valence-electron chi connectivity index (χ0n) is 11.8. The molecule has 0 aliphatic heterocycles. The van der Waals surface area contributed by atoms with Crippen LogP contribution in [-0.4, -0.2) is 17.2 Å². The minimum atomic E-state index is -0.309. The summed E-state index contributed by atoms with van der Waals surface area (Å²) >= 11 is 0. The molecule has 1 N–H and O–H groups in total. The third-order valence-electron chi connectivity index (χ3n) is 3.37. The first-order valence-corrected chi connectivity index (χ1v) is 7.06. The van der Waals surface area contributed by atoms with Crippen molar-refractivity contribution >= 4 is 5.97 Å². The first kappa shape index (κ1) is 15.7. The number of rotatable bonds is 8. The van der Waals surface area contributed by atoms with Gasteiger partial charge in [-0.05, 0) is 31.2 Å². The number of hydrogen-bond acceptors (Lipinski definition) is 3. The van der Waals surface area contributed by atoms with Crippen molar-refractivity contribution in [3.05, 3.63) is 35.9 Å². The van der Waals surface area contributed by atoms with Gasteiger partial charge in [-0.3, -0.25) is 4.79 Å². The molecule has 0 aromatic heterocycles. The predicted octanol–water partition coefficient (Wildman–Crippen LogP) is 3.31. The molecule has 0 bridgehead atoms. The number of benzene rings is 1. The van der Waals surface area contributed by atoms with Gasteiger partial charge in [0.2, 0.25) is 0 Å². The fraction of sp³-hybridized carbons (Fsp3) is 0.562. The summed E-state index contributed by atoms with van der Waals surface area (Å²) in [4.78, 5) is 11.9. The first-order chi connectivity index (χ1) is 9.17. The number of aliphatic hydroxyl groups is 1. The molecule has 1 aromatic carbocycles. The van der Waals surface area contributed by atoms with Crippen LogP contribution in [0.2, 0.25) is 0 Å². The molecule has 0 radical (unpaired) electrons. The first-order valence-electron chi connectivity index (χ1n) is 7.06. The zero-order chi connectivity index (χ0) is 14.1. The Bertz CT molecular complexity index is 362. The lowest BCUT2D eigenvalue weighted by Gasteiger charge is -2.15. The summed E-state index contributed by atoms with van der Waals surface area (Å²) in [6, 6.07) is 9.67. The van der Waals surface area contributed by atoms with E-state index in [2.05, 4.69) is 0 Å². The summed E-state index contributed by atoms with van der Waals surface area (Å²) in [5.74, 6) is -0.264. The van der Waals surface area contributed by atoms with Crippen molar-refractivity contribution in [2.24, 2.45) is 5.92 Å². The molecule has 0 aliphatic rings. The van der Waals surface area contributed by atoms with E-state index in [0.717, 1.165) is 18.4 Å². The monoisotopic (exact) mass is 264 g/mol. The summed E-state index contributed by atoms with van der Waals surface area (Å²) in [7, 11) is 0. The number of ether oxygens (including phenoxy) is 1. The highest BCUT2D eigenvalue weighted by Crippen LogP contribution is 2.16.